The lowest BCUT2D eigenvalue weighted by molar-refractivity contribution is 0.363. The van der Waals surface area contributed by atoms with Crippen molar-refractivity contribution in [3.8, 4) is 11.4 Å². The summed E-state index contributed by atoms with van der Waals surface area (Å²) in [6.45, 7) is 1.59. The molecule has 94 valence electrons. The quantitative estimate of drug-likeness (QED) is 0.833. The first-order chi connectivity index (χ1) is 8.56. The van der Waals surface area contributed by atoms with Crippen molar-refractivity contribution < 1.29 is 13.3 Å². The van der Waals surface area contributed by atoms with Crippen molar-refractivity contribution >= 4 is 5.69 Å². The van der Waals surface area contributed by atoms with Gasteiger partial charge in [0.05, 0.1) is 5.92 Å². The van der Waals surface area contributed by atoms with Gasteiger partial charge in [0.2, 0.25) is 11.7 Å². The number of nitrogens with two attached hydrogens (primary N) is 1. The van der Waals surface area contributed by atoms with E-state index in [9.17, 15) is 8.78 Å². The van der Waals surface area contributed by atoms with E-state index in [1.165, 1.54) is 6.07 Å². The van der Waals surface area contributed by atoms with Gasteiger partial charge >= 0.3 is 0 Å². The molecule has 6 heteroatoms. The number of nitrogen functional groups attached to an aromatic ring is 1. The second-order valence-corrected chi connectivity index (χ2v) is 4.49. The third-order valence-corrected chi connectivity index (χ3v) is 3.11. The van der Waals surface area contributed by atoms with E-state index in [1.54, 1.807) is 13.0 Å². The summed E-state index contributed by atoms with van der Waals surface area (Å²) in [5.41, 5.74) is 6.81. The van der Waals surface area contributed by atoms with Crippen molar-refractivity contribution in [2.45, 2.75) is 25.4 Å². The number of benzene rings is 1. The van der Waals surface area contributed by atoms with Crippen LogP contribution < -0.4 is 5.73 Å². The zero-order chi connectivity index (χ0) is 12.9. The number of alkyl halides is 1. The summed E-state index contributed by atoms with van der Waals surface area (Å²) in [6, 6.07) is 2.87. The molecule has 1 unspecified atom stereocenters. The Morgan fingerprint density at radius 2 is 2.17 bits per heavy atom. The molecule has 18 heavy (non-hydrogen) atoms. The van der Waals surface area contributed by atoms with Gasteiger partial charge < -0.3 is 10.3 Å². The minimum atomic E-state index is -0.905. The van der Waals surface area contributed by atoms with Crippen LogP contribution in [-0.4, -0.2) is 16.3 Å². The van der Waals surface area contributed by atoms with Gasteiger partial charge in [0.15, 0.2) is 0 Å². The van der Waals surface area contributed by atoms with Crippen LogP contribution in [-0.2, 0) is 0 Å². The molecule has 0 aliphatic heterocycles. The first-order valence-electron chi connectivity index (χ1n) is 5.60. The second-order valence-electron chi connectivity index (χ2n) is 4.49. The maximum Gasteiger partial charge on any atom is 0.233 e. The monoisotopic (exact) mass is 251 g/mol. The number of rotatable bonds is 2. The molecule has 1 aliphatic carbocycles. The van der Waals surface area contributed by atoms with Crippen molar-refractivity contribution in [1.82, 2.24) is 10.1 Å². The molecule has 0 radical (unpaired) electrons. The number of hydrogen-bond donors (Lipinski definition) is 1. The Morgan fingerprint density at radius 1 is 1.44 bits per heavy atom. The van der Waals surface area contributed by atoms with Crippen molar-refractivity contribution in [3.05, 3.63) is 29.4 Å². The minimum Gasteiger partial charge on any atom is -0.398 e. The molecule has 0 spiro atoms. The van der Waals surface area contributed by atoms with Crippen LogP contribution in [0.25, 0.3) is 11.4 Å². The molecule has 1 saturated carbocycles. The number of hydrogen-bond acceptors (Lipinski definition) is 4. The molecule has 0 saturated heterocycles. The molecule has 4 nitrogen and oxygen atoms in total. The first-order valence-corrected chi connectivity index (χ1v) is 5.60. The Labute approximate surface area is 102 Å². The summed E-state index contributed by atoms with van der Waals surface area (Å²) in [6.07, 6.45) is -0.496. The highest BCUT2D eigenvalue weighted by atomic mass is 19.1. The van der Waals surface area contributed by atoms with Gasteiger partial charge in [-0.05, 0) is 25.5 Å². The van der Waals surface area contributed by atoms with Gasteiger partial charge in [-0.25, -0.2) is 8.78 Å². The average molecular weight is 251 g/mol. The Hall–Kier alpha value is -1.98. The fourth-order valence-electron chi connectivity index (χ4n) is 1.75. The first kappa shape index (κ1) is 11.1. The molecule has 1 heterocycles. The van der Waals surface area contributed by atoms with Gasteiger partial charge in [0, 0.05) is 16.8 Å². The minimum absolute atomic E-state index is 0.231. The molecule has 0 bridgehead atoms. The average Bonchev–Trinajstić information content (AvgIpc) is 2.89. The molecular formula is C12H11F2N3O. The van der Waals surface area contributed by atoms with Gasteiger partial charge in [-0.1, -0.05) is 5.16 Å². The van der Waals surface area contributed by atoms with Crippen LogP contribution in [0.2, 0.25) is 0 Å². The summed E-state index contributed by atoms with van der Waals surface area (Å²) in [5.74, 6) is -0.239. The third-order valence-electron chi connectivity index (χ3n) is 3.11. The lowest BCUT2D eigenvalue weighted by Crippen LogP contribution is -1.95. The molecule has 1 aromatic carbocycles. The zero-order valence-electron chi connectivity index (χ0n) is 9.65. The van der Waals surface area contributed by atoms with Crippen molar-refractivity contribution in [1.29, 1.82) is 0 Å². The van der Waals surface area contributed by atoms with Crippen LogP contribution in [0.3, 0.4) is 0 Å². The Kier molecular flexibility index (Phi) is 2.33. The van der Waals surface area contributed by atoms with Gasteiger partial charge in [0.25, 0.3) is 0 Å². The molecule has 2 aromatic rings. The van der Waals surface area contributed by atoms with E-state index >= 15 is 0 Å². The number of nitrogens with zero attached hydrogens (tertiary/aromatic N) is 2. The van der Waals surface area contributed by atoms with E-state index in [-0.39, 0.29) is 17.6 Å². The van der Waals surface area contributed by atoms with Gasteiger partial charge in [-0.2, -0.15) is 4.98 Å². The number of aromatic nitrogens is 2. The van der Waals surface area contributed by atoms with E-state index in [4.69, 9.17) is 10.3 Å². The predicted molar refractivity (Wildman–Crippen MR) is 61.1 cm³/mol. The Balaban J connectivity index is 1.97. The summed E-state index contributed by atoms with van der Waals surface area (Å²) >= 11 is 0. The predicted octanol–water partition coefficient (Wildman–Crippen LogP) is 2.59. The maximum absolute atomic E-state index is 13.5. The van der Waals surface area contributed by atoms with Crippen LogP contribution in [0, 0.1) is 12.7 Å². The molecule has 1 fully saturated rings. The van der Waals surface area contributed by atoms with Crippen LogP contribution in [0.1, 0.15) is 23.8 Å². The lowest BCUT2D eigenvalue weighted by Gasteiger charge is -2.03. The van der Waals surface area contributed by atoms with E-state index in [0.717, 1.165) is 0 Å². The fraction of sp³-hybridized carbons (Fsp3) is 0.333. The van der Waals surface area contributed by atoms with Crippen LogP contribution in [0.5, 0.6) is 0 Å². The van der Waals surface area contributed by atoms with E-state index in [0.29, 0.717) is 23.2 Å². The lowest BCUT2D eigenvalue weighted by atomic mass is 10.1. The molecular weight excluding hydrogens is 240 g/mol. The SMILES string of the molecule is Cc1c(N)cc(-c2noc([C@@H]3CC3F)n2)cc1F. The zero-order valence-corrected chi connectivity index (χ0v) is 9.65. The summed E-state index contributed by atoms with van der Waals surface area (Å²) in [5, 5.41) is 3.72. The van der Waals surface area contributed by atoms with Gasteiger partial charge in [0.1, 0.15) is 12.0 Å². The highest BCUT2D eigenvalue weighted by Gasteiger charge is 2.43. The van der Waals surface area contributed by atoms with Crippen molar-refractivity contribution in [2.24, 2.45) is 0 Å². The van der Waals surface area contributed by atoms with E-state index < -0.39 is 12.0 Å². The topological polar surface area (TPSA) is 64.9 Å². The van der Waals surface area contributed by atoms with E-state index in [1.807, 2.05) is 0 Å². The van der Waals surface area contributed by atoms with Crippen molar-refractivity contribution in [2.75, 3.05) is 5.73 Å². The largest absolute Gasteiger partial charge is 0.398 e. The third kappa shape index (κ3) is 1.73. The second kappa shape index (κ2) is 3.76. The Bertz CT molecular complexity index is 588. The molecule has 1 aromatic heterocycles. The van der Waals surface area contributed by atoms with Crippen LogP contribution in [0.15, 0.2) is 16.7 Å². The van der Waals surface area contributed by atoms with E-state index in [2.05, 4.69) is 10.1 Å². The number of halogens is 2. The summed E-state index contributed by atoms with van der Waals surface area (Å²) in [4.78, 5) is 4.06. The summed E-state index contributed by atoms with van der Waals surface area (Å²) in [7, 11) is 0. The highest BCUT2D eigenvalue weighted by Crippen LogP contribution is 2.43. The molecule has 0 amide bonds. The van der Waals surface area contributed by atoms with Gasteiger partial charge in [-0.15, -0.1) is 0 Å². The molecule has 2 atom stereocenters. The maximum atomic E-state index is 13.5. The molecule has 1 aliphatic rings. The fourth-order valence-corrected chi connectivity index (χ4v) is 1.75. The molecule has 2 N–H and O–H groups in total. The normalized spacial score (nSPS) is 22.2. The number of anilines is 1. The van der Waals surface area contributed by atoms with Crippen LogP contribution in [0.4, 0.5) is 14.5 Å². The molecule has 3 rings (SSSR count). The standard InChI is InChI=1S/C12H11F2N3O/c1-5-8(13)2-6(3-10(5)15)11-16-12(18-17-11)7-4-9(7)14/h2-3,7,9H,4,15H2,1H3/t7-,9?/m1/s1. The highest BCUT2D eigenvalue weighted by molar-refractivity contribution is 5.63. The van der Waals surface area contributed by atoms with Gasteiger partial charge in [-0.3, -0.25) is 0 Å². The summed E-state index contributed by atoms with van der Waals surface area (Å²) < 4.78 is 31.3. The Morgan fingerprint density at radius 3 is 2.78 bits per heavy atom. The smallest absolute Gasteiger partial charge is 0.233 e. The van der Waals surface area contributed by atoms with Crippen LogP contribution >= 0.6 is 0 Å². The van der Waals surface area contributed by atoms with Crippen molar-refractivity contribution in [3.63, 3.8) is 0 Å².